The summed E-state index contributed by atoms with van der Waals surface area (Å²) in [6.07, 6.45) is 0. The smallest absolute Gasteiger partial charge is 0.548 e. The Labute approximate surface area is 162 Å². The van der Waals surface area contributed by atoms with Crippen molar-refractivity contribution in [3.8, 4) is 0 Å². The van der Waals surface area contributed by atoms with Crippen LogP contribution in [0.3, 0.4) is 0 Å². The average molecular weight is 293 g/mol. The van der Waals surface area contributed by atoms with Gasteiger partial charge in [-0.05, 0) is 30.2 Å². The summed E-state index contributed by atoms with van der Waals surface area (Å²) < 4.78 is 0. The topological polar surface area (TPSA) is 43.4 Å². The Morgan fingerprint density at radius 2 is 1.75 bits per heavy atom. The van der Waals surface area contributed by atoms with Crippen LogP contribution in [0.1, 0.15) is 17.2 Å². The van der Waals surface area contributed by atoms with E-state index in [1.54, 1.807) is 24.1 Å². The van der Waals surface area contributed by atoms with Crippen molar-refractivity contribution in [3.63, 3.8) is 0 Å². The van der Waals surface area contributed by atoms with Gasteiger partial charge in [0.15, 0.2) is 0 Å². The summed E-state index contributed by atoms with van der Waals surface area (Å²) >= 11 is 0. The van der Waals surface area contributed by atoms with Crippen LogP contribution in [0.4, 0.5) is 5.69 Å². The maximum atomic E-state index is 11.4. The second kappa shape index (κ2) is 7.95. The zero-order chi connectivity index (χ0) is 13.8. The van der Waals surface area contributed by atoms with Crippen molar-refractivity contribution >= 4 is 11.7 Å². The molecule has 0 saturated carbocycles. The molecule has 0 heterocycles. The molecule has 0 bridgehead atoms. The summed E-state index contributed by atoms with van der Waals surface area (Å²) in [6, 6.07) is 16.1. The van der Waals surface area contributed by atoms with Gasteiger partial charge in [-0.2, -0.15) is 0 Å². The molecule has 0 aromatic heterocycles. The molecule has 2 rings (SSSR count). The van der Waals surface area contributed by atoms with Gasteiger partial charge in [-0.15, -0.1) is 0 Å². The van der Waals surface area contributed by atoms with Crippen LogP contribution in [0.25, 0.3) is 0 Å². The van der Waals surface area contributed by atoms with Crippen LogP contribution >= 0.6 is 0 Å². The molecule has 0 amide bonds. The van der Waals surface area contributed by atoms with Gasteiger partial charge in [-0.1, -0.05) is 42.5 Å². The van der Waals surface area contributed by atoms with E-state index >= 15 is 0 Å². The van der Waals surface area contributed by atoms with Crippen molar-refractivity contribution in [1.29, 1.82) is 0 Å². The van der Waals surface area contributed by atoms with Gasteiger partial charge >= 0.3 is 51.4 Å². The molecule has 2 aromatic carbocycles. The minimum atomic E-state index is -1.10. The second-order valence-electron chi connectivity index (χ2n) is 4.58. The Balaban J connectivity index is 0.00000200. The van der Waals surface area contributed by atoms with Crippen LogP contribution < -0.4 is 61.4 Å². The van der Waals surface area contributed by atoms with E-state index in [-0.39, 0.29) is 51.4 Å². The number of anilines is 1. The number of aliphatic carboxylic acids is 1. The SMILES string of the molecule is Cc1cccc(N(C)C(C(=O)[O-])c2ccccc2)c1.[K+]. The normalized spacial score (nSPS) is 11.3. The molecule has 0 aliphatic heterocycles. The molecule has 0 fully saturated rings. The third-order valence-electron chi connectivity index (χ3n) is 3.13. The number of hydrogen-bond donors (Lipinski definition) is 0. The van der Waals surface area contributed by atoms with E-state index in [0.29, 0.717) is 5.56 Å². The van der Waals surface area contributed by atoms with Crippen molar-refractivity contribution < 1.29 is 61.3 Å². The maximum absolute atomic E-state index is 11.4. The molecule has 1 atom stereocenters. The Morgan fingerprint density at radius 3 is 2.30 bits per heavy atom. The van der Waals surface area contributed by atoms with Gasteiger partial charge in [0, 0.05) is 12.7 Å². The van der Waals surface area contributed by atoms with E-state index in [9.17, 15) is 9.90 Å². The summed E-state index contributed by atoms with van der Waals surface area (Å²) in [5.74, 6) is -1.10. The summed E-state index contributed by atoms with van der Waals surface area (Å²) in [5.41, 5.74) is 2.67. The molecular weight excluding hydrogens is 277 g/mol. The van der Waals surface area contributed by atoms with Crippen molar-refractivity contribution in [2.75, 3.05) is 11.9 Å². The van der Waals surface area contributed by atoms with E-state index in [1.165, 1.54) is 0 Å². The maximum Gasteiger partial charge on any atom is 1.00 e. The first-order valence-corrected chi connectivity index (χ1v) is 6.15. The van der Waals surface area contributed by atoms with E-state index in [4.69, 9.17) is 0 Å². The number of carbonyl (C=O) groups excluding carboxylic acids is 1. The van der Waals surface area contributed by atoms with E-state index < -0.39 is 12.0 Å². The van der Waals surface area contributed by atoms with Crippen molar-refractivity contribution in [1.82, 2.24) is 0 Å². The van der Waals surface area contributed by atoms with Crippen LogP contribution in [-0.2, 0) is 4.79 Å². The van der Waals surface area contributed by atoms with E-state index in [2.05, 4.69) is 0 Å². The van der Waals surface area contributed by atoms with Gasteiger partial charge in [0.25, 0.3) is 0 Å². The third kappa shape index (κ3) is 4.17. The van der Waals surface area contributed by atoms with Crippen LogP contribution in [0, 0.1) is 6.92 Å². The van der Waals surface area contributed by atoms with Crippen LogP contribution in [0.2, 0.25) is 0 Å². The average Bonchev–Trinajstić information content (AvgIpc) is 2.39. The number of carbonyl (C=O) groups is 1. The molecule has 0 aliphatic rings. The number of likely N-dealkylation sites (N-methyl/N-ethyl adjacent to an activating group) is 1. The zero-order valence-corrected chi connectivity index (χ0v) is 15.2. The minimum Gasteiger partial charge on any atom is -0.548 e. The Hall–Kier alpha value is -0.654. The summed E-state index contributed by atoms with van der Waals surface area (Å²) in [4.78, 5) is 13.2. The van der Waals surface area contributed by atoms with Gasteiger partial charge in [-0.25, -0.2) is 0 Å². The van der Waals surface area contributed by atoms with Gasteiger partial charge in [-0.3, -0.25) is 0 Å². The minimum absolute atomic E-state index is 0. The number of carboxylic acid groups (broad SMARTS) is 1. The quantitative estimate of drug-likeness (QED) is 0.674. The van der Waals surface area contributed by atoms with Crippen molar-refractivity contribution in [2.45, 2.75) is 13.0 Å². The van der Waals surface area contributed by atoms with E-state index in [0.717, 1.165) is 11.3 Å². The molecule has 20 heavy (non-hydrogen) atoms. The monoisotopic (exact) mass is 293 g/mol. The molecular formula is C16H16KNO2. The first-order valence-electron chi connectivity index (χ1n) is 6.15. The van der Waals surface area contributed by atoms with Crippen molar-refractivity contribution in [2.24, 2.45) is 0 Å². The number of aryl methyl sites for hydroxylation is 1. The molecule has 4 heteroatoms. The predicted octanol–water partition coefficient (Wildman–Crippen LogP) is -1.07. The standard InChI is InChI=1S/C16H17NO2.K/c1-12-7-6-10-14(11-12)17(2)15(16(18)19)13-8-4-3-5-9-13;/h3-11,15H,1-2H3,(H,18,19);/q;+1/p-1. The fourth-order valence-corrected chi connectivity index (χ4v) is 2.15. The van der Waals surface area contributed by atoms with Crippen LogP contribution in [0.5, 0.6) is 0 Å². The van der Waals surface area contributed by atoms with E-state index in [1.807, 2.05) is 49.4 Å². The van der Waals surface area contributed by atoms with Crippen molar-refractivity contribution in [3.05, 3.63) is 65.7 Å². The van der Waals surface area contributed by atoms with Gasteiger partial charge in [0.2, 0.25) is 0 Å². The molecule has 98 valence electrons. The molecule has 0 saturated heterocycles. The van der Waals surface area contributed by atoms with Gasteiger partial charge in [0.1, 0.15) is 0 Å². The number of benzene rings is 2. The molecule has 0 N–H and O–H groups in total. The largest absolute Gasteiger partial charge is 1.00 e. The Kier molecular flexibility index (Phi) is 6.92. The summed E-state index contributed by atoms with van der Waals surface area (Å²) in [6.45, 7) is 1.98. The fraction of sp³-hybridized carbons (Fsp3) is 0.188. The van der Waals surface area contributed by atoms with Crippen LogP contribution in [-0.4, -0.2) is 13.0 Å². The number of hydrogen-bond acceptors (Lipinski definition) is 3. The predicted molar refractivity (Wildman–Crippen MR) is 73.8 cm³/mol. The zero-order valence-electron chi connectivity index (χ0n) is 12.0. The molecule has 1 unspecified atom stereocenters. The van der Waals surface area contributed by atoms with Crippen LogP contribution in [0.15, 0.2) is 54.6 Å². The van der Waals surface area contributed by atoms with Gasteiger partial charge in [0.05, 0.1) is 12.0 Å². The Morgan fingerprint density at radius 1 is 1.10 bits per heavy atom. The van der Waals surface area contributed by atoms with Gasteiger partial charge < -0.3 is 14.8 Å². The summed E-state index contributed by atoms with van der Waals surface area (Å²) in [7, 11) is 1.77. The molecule has 2 aromatic rings. The Bertz CT molecular complexity index is 572. The number of nitrogens with zero attached hydrogens (tertiary/aromatic N) is 1. The number of carboxylic acids is 1. The third-order valence-corrected chi connectivity index (χ3v) is 3.13. The molecule has 0 aliphatic carbocycles. The fourth-order valence-electron chi connectivity index (χ4n) is 2.15. The second-order valence-corrected chi connectivity index (χ2v) is 4.58. The first-order chi connectivity index (χ1) is 9.09. The molecule has 3 nitrogen and oxygen atoms in total. The first kappa shape index (κ1) is 17.4. The molecule has 0 spiro atoms. The summed E-state index contributed by atoms with van der Waals surface area (Å²) in [5, 5.41) is 11.4. The number of rotatable bonds is 4. The molecule has 0 radical (unpaired) electrons.